The highest BCUT2D eigenvalue weighted by atomic mass is 16.3. The van der Waals surface area contributed by atoms with E-state index in [4.69, 9.17) is 0 Å². The predicted octanol–water partition coefficient (Wildman–Crippen LogP) is 4.26. The van der Waals surface area contributed by atoms with Gasteiger partial charge in [-0.05, 0) is 60.2 Å². The first kappa shape index (κ1) is 12.4. The summed E-state index contributed by atoms with van der Waals surface area (Å²) < 4.78 is 0. The summed E-state index contributed by atoms with van der Waals surface area (Å²) in [5.74, 6) is 0.290. The molecule has 0 saturated heterocycles. The number of aromatic hydroxyl groups is 1. The van der Waals surface area contributed by atoms with E-state index in [1.807, 2.05) is 12.1 Å². The second kappa shape index (κ2) is 5.09. The number of rotatable bonds is 3. The van der Waals surface area contributed by atoms with Gasteiger partial charge in [-0.1, -0.05) is 36.9 Å². The first-order chi connectivity index (χ1) is 8.56. The molecule has 0 atom stereocenters. The monoisotopic (exact) mass is 238 g/mol. The standard InChI is InChI=1S/C17H18O/c1-12-4-5-15(10-13(12)2)11-14(3)16-6-8-17(18)9-7-16/h4-10,18H,3,11H2,1-2H3. The zero-order chi connectivity index (χ0) is 13.1. The highest BCUT2D eigenvalue weighted by molar-refractivity contribution is 5.66. The highest BCUT2D eigenvalue weighted by Gasteiger charge is 2.02. The van der Waals surface area contributed by atoms with Crippen LogP contribution in [0.3, 0.4) is 0 Å². The number of hydrogen-bond donors (Lipinski definition) is 1. The van der Waals surface area contributed by atoms with Crippen LogP contribution in [0.5, 0.6) is 5.75 Å². The van der Waals surface area contributed by atoms with Crippen LogP contribution in [0.1, 0.15) is 22.3 Å². The third kappa shape index (κ3) is 2.80. The molecule has 0 heterocycles. The van der Waals surface area contributed by atoms with Gasteiger partial charge in [0.15, 0.2) is 0 Å². The normalized spacial score (nSPS) is 10.3. The van der Waals surface area contributed by atoms with Crippen LogP contribution in [0.25, 0.3) is 5.57 Å². The molecule has 0 aromatic heterocycles. The molecule has 2 rings (SSSR count). The Hall–Kier alpha value is -2.02. The van der Waals surface area contributed by atoms with Crippen molar-refractivity contribution in [2.75, 3.05) is 0 Å². The van der Waals surface area contributed by atoms with Gasteiger partial charge in [0.25, 0.3) is 0 Å². The van der Waals surface area contributed by atoms with Crippen LogP contribution in [0, 0.1) is 13.8 Å². The smallest absolute Gasteiger partial charge is 0.115 e. The summed E-state index contributed by atoms with van der Waals surface area (Å²) >= 11 is 0. The number of phenols is 1. The van der Waals surface area contributed by atoms with Crippen molar-refractivity contribution >= 4 is 5.57 Å². The molecule has 0 aliphatic rings. The third-order valence-corrected chi connectivity index (χ3v) is 3.26. The van der Waals surface area contributed by atoms with Gasteiger partial charge in [0.1, 0.15) is 5.75 Å². The van der Waals surface area contributed by atoms with Crippen molar-refractivity contribution in [1.29, 1.82) is 0 Å². The molecular weight excluding hydrogens is 220 g/mol. The lowest BCUT2D eigenvalue weighted by Gasteiger charge is -2.08. The summed E-state index contributed by atoms with van der Waals surface area (Å²) in [5, 5.41) is 9.27. The molecule has 92 valence electrons. The fraction of sp³-hybridized carbons (Fsp3) is 0.176. The van der Waals surface area contributed by atoms with E-state index < -0.39 is 0 Å². The van der Waals surface area contributed by atoms with Crippen molar-refractivity contribution in [1.82, 2.24) is 0 Å². The molecule has 0 fully saturated rings. The van der Waals surface area contributed by atoms with Gasteiger partial charge in [0, 0.05) is 0 Å². The van der Waals surface area contributed by atoms with Gasteiger partial charge in [-0.15, -0.1) is 0 Å². The zero-order valence-corrected chi connectivity index (χ0v) is 10.9. The van der Waals surface area contributed by atoms with E-state index >= 15 is 0 Å². The fourth-order valence-corrected chi connectivity index (χ4v) is 1.96. The van der Waals surface area contributed by atoms with Crippen molar-refractivity contribution in [3.8, 4) is 5.75 Å². The Morgan fingerprint density at radius 1 is 1.00 bits per heavy atom. The molecule has 0 radical (unpaired) electrons. The Labute approximate surface area is 108 Å². The average Bonchev–Trinajstić information content (AvgIpc) is 2.34. The largest absolute Gasteiger partial charge is 0.508 e. The van der Waals surface area contributed by atoms with Gasteiger partial charge in [-0.25, -0.2) is 0 Å². The number of hydrogen-bond acceptors (Lipinski definition) is 1. The predicted molar refractivity (Wildman–Crippen MR) is 76.8 cm³/mol. The van der Waals surface area contributed by atoms with E-state index in [9.17, 15) is 5.11 Å². The van der Waals surface area contributed by atoms with Gasteiger partial charge in [-0.2, -0.15) is 0 Å². The Bertz CT molecular complexity index is 565. The molecule has 0 amide bonds. The molecule has 0 bridgehead atoms. The first-order valence-corrected chi connectivity index (χ1v) is 6.09. The van der Waals surface area contributed by atoms with Crippen LogP contribution in [0.4, 0.5) is 0 Å². The van der Waals surface area contributed by atoms with Crippen molar-refractivity contribution in [3.63, 3.8) is 0 Å². The minimum absolute atomic E-state index is 0.290. The quantitative estimate of drug-likeness (QED) is 0.846. The summed E-state index contributed by atoms with van der Waals surface area (Å²) in [6.07, 6.45) is 0.839. The lowest BCUT2D eigenvalue weighted by Crippen LogP contribution is -1.91. The molecule has 0 saturated carbocycles. The maximum atomic E-state index is 9.27. The topological polar surface area (TPSA) is 20.2 Å². The lowest BCUT2D eigenvalue weighted by atomic mass is 9.97. The molecule has 1 heteroatoms. The molecule has 1 N–H and O–H groups in total. The van der Waals surface area contributed by atoms with Gasteiger partial charge in [0.2, 0.25) is 0 Å². The summed E-state index contributed by atoms with van der Waals surface area (Å²) in [6.45, 7) is 8.37. The molecule has 1 nitrogen and oxygen atoms in total. The minimum Gasteiger partial charge on any atom is -0.508 e. The Balaban J connectivity index is 2.16. The zero-order valence-electron chi connectivity index (χ0n) is 10.9. The molecule has 2 aromatic carbocycles. The van der Waals surface area contributed by atoms with Crippen molar-refractivity contribution in [2.24, 2.45) is 0 Å². The van der Waals surface area contributed by atoms with Crippen molar-refractivity contribution < 1.29 is 5.11 Å². The van der Waals surface area contributed by atoms with E-state index in [-0.39, 0.29) is 5.75 Å². The Morgan fingerprint density at radius 3 is 2.28 bits per heavy atom. The maximum absolute atomic E-state index is 9.27. The second-order valence-electron chi connectivity index (χ2n) is 4.75. The number of allylic oxidation sites excluding steroid dienone is 1. The molecule has 0 spiro atoms. The SMILES string of the molecule is C=C(Cc1ccc(C)c(C)c1)c1ccc(O)cc1. The molecule has 18 heavy (non-hydrogen) atoms. The van der Waals surface area contributed by atoms with Gasteiger partial charge >= 0.3 is 0 Å². The van der Waals surface area contributed by atoms with E-state index in [0.29, 0.717) is 0 Å². The van der Waals surface area contributed by atoms with Crippen LogP contribution in [0.15, 0.2) is 49.0 Å². The lowest BCUT2D eigenvalue weighted by molar-refractivity contribution is 0.475. The molecule has 0 aliphatic heterocycles. The Morgan fingerprint density at radius 2 is 1.67 bits per heavy atom. The number of benzene rings is 2. The molecule has 2 aromatic rings. The minimum atomic E-state index is 0.290. The van der Waals surface area contributed by atoms with E-state index in [2.05, 4.69) is 38.6 Å². The first-order valence-electron chi connectivity index (χ1n) is 6.09. The van der Waals surface area contributed by atoms with Crippen LogP contribution in [-0.4, -0.2) is 5.11 Å². The summed E-state index contributed by atoms with van der Waals surface area (Å²) in [5.41, 5.74) is 6.04. The van der Waals surface area contributed by atoms with Crippen LogP contribution in [0.2, 0.25) is 0 Å². The van der Waals surface area contributed by atoms with Gasteiger partial charge in [0.05, 0.1) is 0 Å². The number of aryl methyl sites for hydroxylation is 2. The van der Waals surface area contributed by atoms with Crippen LogP contribution < -0.4 is 0 Å². The summed E-state index contributed by atoms with van der Waals surface area (Å²) in [6, 6.07) is 13.7. The van der Waals surface area contributed by atoms with Crippen LogP contribution in [-0.2, 0) is 6.42 Å². The van der Waals surface area contributed by atoms with Crippen molar-refractivity contribution in [2.45, 2.75) is 20.3 Å². The van der Waals surface area contributed by atoms with E-state index in [1.54, 1.807) is 12.1 Å². The molecule has 0 aliphatic carbocycles. The summed E-state index contributed by atoms with van der Waals surface area (Å²) in [4.78, 5) is 0. The Kier molecular flexibility index (Phi) is 3.52. The maximum Gasteiger partial charge on any atom is 0.115 e. The van der Waals surface area contributed by atoms with E-state index in [1.165, 1.54) is 16.7 Å². The fourth-order valence-electron chi connectivity index (χ4n) is 1.96. The summed E-state index contributed by atoms with van der Waals surface area (Å²) in [7, 11) is 0. The van der Waals surface area contributed by atoms with Gasteiger partial charge in [-0.3, -0.25) is 0 Å². The highest BCUT2D eigenvalue weighted by Crippen LogP contribution is 2.21. The van der Waals surface area contributed by atoms with E-state index in [0.717, 1.165) is 17.6 Å². The second-order valence-corrected chi connectivity index (χ2v) is 4.75. The third-order valence-electron chi connectivity index (χ3n) is 3.26. The average molecular weight is 238 g/mol. The number of phenolic OH excluding ortho intramolecular Hbond substituents is 1. The van der Waals surface area contributed by atoms with Crippen LogP contribution >= 0.6 is 0 Å². The molecule has 0 unspecified atom stereocenters. The van der Waals surface area contributed by atoms with Gasteiger partial charge < -0.3 is 5.11 Å². The van der Waals surface area contributed by atoms with Crippen molar-refractivity contribution in [3.05, 3.63) is 71.3 Å². The molecular formula is C17H18O.